The van der Waals surface area contributed by atoms with E-state index in [-0.39, 0.29) is 0 Å². The quantitative estimate of drug-likeness (QED) is 0.634. The second-order valence-corrected chi connectivity index (χ2v) is 3.63. The molecule has 0 aromatic heterocycles. The Balaban J connectivity index is 0. The van der Waals surface area contributed by atoms with Crippen LogP contribution in [0.15, 0.2) is 0 Å². The summed E-state index contributed by atoms with van der Waals surface area (Å²) in [6.45, 7) is 3.53. The van der Waals surface area contributed by atoms with Crippen LogP contribution in [0.1, 0.15) is 19.8 Å². The van der Waals surface area contributed by atoms with Crippen molar-refractivity contribution in [1.82, 2.24) is 0 Å². The molecule has 0 aliphatic rings. The monoisotopic (exact) mass is 177 g/mol. The molecule has 0 aliphatic heterocycles. The van der Waals surface area contributed by atoms with Crippen molar-refractivity contribution in [1.29, 1.82) is 0 Å². The second-order valence-electron chi connectivity index (χ2n) is 3.63. The van der Waals surface area contributed by atoms with Gasteiger partial charge in [-0.05, 0) is 6.42 Å². The van der Waals surface area contributed by atoms with Crippen molar-refractivity contribution < 1.29 is 19.5 Å². The van der Waals surface area contributed by atoms with E-state index in [0.717, 1.165) is 4.48 Å². The Kier molecular flexibility index (Phi) is 7.94. The van der Waals surface area contributed by atoms with Gasteiger partial charge in [0.25, 0.3) is 0 Å². The van der Waals surface area contributed by atoms with Gasteiger partial charge >= 0.3 is 0 Å². The lowest BCUT2D eigenvalue weighted by Gasteiger charge is -2.23. The van der Waals surface area contributed by atoms with Crippen LogP contribution in [0.3, 0.4) is 0 Å². The zero-order valence-corrected chi connectivity index (χ0v) is 8.33. The average molecular weight is 177 g/mol. The molecule has 0 bridgehead atoms. The first kappa shape index (κ1) is 13.8. The normalized spacial score (nSPS) is 10.0. The van der Waals surface area contributed by atoms with Crippen LogP contribution in [0.25, 0.3) is 0 Å². The van der Waals surface area contributed by atoms with Gasteiger partial charge in [-0.15, -0.1) is 0 Å². The van der Waals surface area contributed by atoms with Gasteiger partial charge in [-0.1, -0.05) is 13.3 Å². The lowest BCUT2D eigenvalue weighted by molar-refractivity contribution is -0.870. The van der Waals surface area contributed by atoms with Gasteiger partial charge in [-0.3, -0.25) is 0 Å². The maximum atomic E-state index is 8.44. The fraction of sp³-hybridized carbons (Fsp3) is 0.875. The minimum Gasteiger partial charge on any atom is -0.565 e. The van der Waals surface area contributed by atoms with Crippen molar-refractivity contribution in [3.8, 4) is 0 Å². The van der Waals surface area contributed by atoms with Crippen molar-refractivity contribution in [3.63, 3.8) is 0 Å². The molecule has 0 atom stereocenters. The molecule has 4 heteroatoms. The largest absolute Gasteiger partial charge is 0.565 e. The van der Waals surface area contributed by atoms with E-state index in [4.69, 9.17) is 15.0 Å². The van der Waals surface area contributed by atoms with Crippen molar-refractivity contribution >= 4 is 6.16 Å². The Morgan fingerprint density at radius 1 is 1.42 bits per heavy atom. The van der Waals surface area contributed by atoms with Crippen LogP contribution in [0.4, 0.5) is 4.79 Å². The average Bonchev–Trinajstić information content (AvgIpc) is 1.80. The van der Waals surface area contributed by atoms with E-state index in [1.807, 2.05) is 0 Å². The highest BCUT2D eigenvalue weighted by molar-refractivity contribution is 5.50. The van der Waals surface area contributed by atoms with Gasteiger partial charge < -0.3 is 19.5 Å². The molecule has 0 aromatic carbocycles. The molecule has 74 valence electrons. The maximum absolute atomic E-state index is 8.44. The first-order valence-corrected chi connectivity index (χ1v) is 4.00. The van der Waals surface area contributed by atoms with Crippen LogP contribution in [-0.4, -0.2) is 43.4 Å². The van der Waals surface area contributed by atoms with E-state index in [1.54, 1.807) is 0 Å². The van der Waals surface area contributed by atoms with Crippen molar-refractivity contribution in [2.75, 3.05) is 27.7 Å². The zero-order valence-electron chi connectivity index (χ0n) is 8.33. The lowest BCUT2D eigenvalue weighted by Crippen LogP contribution is -2.35. The summed E-state index contributed by atoms with van der Waals surface area (Å²) in [6, 6.07) is 0. The first-order valence-electron chi connectivity index (χ1n) is 4.00. The van der Waals surface area contributed by atoms with Crippen LogP contribution < -0.4 is 5.11 Å². The molecule has 12 heavy (non-hydrogen) atoms. The number of carboxylic acid groups (broad SMARTS) is 2. The Bertz CT molecular complexity index is 114. The number of hydrogen-bond acceptors (Lipinski definition) is 2. The summed E-state index contributed by atoms with van der Waals surface area (Å²) >= 11 is 0. The molecular formula is C8H19NO3. The molecule has 0 aliphatic carbocycles. The van der Waals surface area contributed by atoms with Crippen LogP contribution in [-0.2, 0) is 0 Å². The summed E-state index contributed by atoms with van der Waals surface area (Å²) in [5.74, 6) is 0. The molecule has 0 rings (SSSR count). The van der Waals surface area contributed by atoms with Crippen LogP contribution >= 0.6 is 0 Å². The SMILES string of the molecule is CCCC[N+](C)(C)C.O=C([O-])O. The first-order chi connectivity index (χ1) is 5.29. The van der Waals surface area contributed by atoms with Crippen LogP contribution in [0, 0.1) is 0 Å². The van der Waals surface area contributed by atoms with E-state index < -0.39 is 6.16 Å². The molecule has 0 unspecified atom stereocenters. The molecule has 0 heterocycles. The summed E-state index contributed by atoms with van der Waals surface area (Å²) in [7, 11) is 6.70. The smallest absolute Gasteiger partial charge is 0.249 e. The van der Waals surface area contributed by atoms with Crippen LogP contribution in [0.2, 0.25) is 0 Å². The van der Waals surface area contributed by atoms with Gasteiger partial charge in [0.1, 0.15) is 0 Å². The number of nitrogens with zero attached hydrogens (tertiary/aromatic N) is 1. The van der Waals surface area contributed by atoms with Gasteiger partial charge in [0.15, 0.2) is 0 Å². The van der Waals surface area contributed by atoms with Gasteiger partial charge in [0.05, 0.1) is 27.7 Å². The van der Waals surface area contributed by atoms with Gasteiger partial charge in [0.2, 0.25) is 6.16 Å². The molecule has 0 saturated heterocycles. The highest BCUT2D eigenvalue weighted by Gasteiger charge is 2.02. The second kappa shape index (κ2) is 6.91. The minimum atomic E-state index is -2.08. The van der Waals surface area contributed by atoms with E-state index >= 15 is 0 Å². The molecule has 0 fully saturated rings. The van der Waals surface area contributed by atoms with Crippen LogP contribution in [0.5, 0.6) is 0 Å². The zero-order chi connectivity index (χ0) is 10.2. The molecule has 1 N–H and O–H groups in total. The highest BCUT2D eigenvalue weighted by atomic mass is 16.6. The third-order valence-corrected chi connectivity index (χ3v) is 1.18. The van der Waals surface area contributed by atoms with E-state index in [9.17, 15) is 0 Å². The van der Waals surface area contributed by atoms with E-state index in [1.165, 1.54) is 19.4 Å². The number of quaternary nitrogens is 1. The Morgan fingerprint density at radius 2 is 1.75 bits per heavy atom. The summed E-state index contributed by atoms with van der Waals surface area (Å²) in [5.41, 5.74) is 0. The van der Waals surface area contributed by atoms with E-state index in [2.05, 4.69) is 28.1 Å². The number of rotatable bonds is 3. The molecule has 0 radical (unpaired) electrons. The molecule has 0 aromatic rings. The molecule has 4 nitrogen and oxygen atoms in total. The molecule has 0 amide bonds. The number of carbonyl (C=O) groups is 1. The number of unbranched alkanes of at least 4 members (excludes halogenated alkanes) is 1. The van der Waals surface area contributed by atoms with Gasteiger partial charge in [-0.25, -0.2) is 0 Å². The predicted octanol–water partition coefficient (Wildman–Crippen LogP) is 0.380. The molecule has 0 saturated carbocycles. The van der Waals surface area contributed by atoms with E-state index in [0.29, 0.717) is 0 Å². The third kappa shape index (κ3) is 34.9. The van der Waals surface area contributed by atoms with Gasteiger partial charge in [-0.2, -0.15) is 0 Å². The topological polar surface area (TPSA) is 60.4 Å². The Morgan fingerprint density at radius 3 is 1.83 bits per heavy atom. The fourth-order valence-electron chi connectivity index (χ4n) is 0.632. The summed E-state index contributed by atoms with van der Waals surface area (Å²) in [6.07, 6.45) is 0.582. The van der Waals surface area contributed by atoms with Crippen molar-refractivity contribution in [3.05, 3.63) is 0 Å². The summed E-state index contributed by atoms with van der Waals surface area (Å²) in [4.78, 5) is 8.44. The predicted molar refractivity (Wildman–Crippen MR) is 45.8 cm³/mol. The summed E-state index contributed by atoms with van der Waals surface area (Å²) in [5, 5.41) is 15.3. The number of hydrogen-bond donors (Lipinski definition) is 1. The van der Waals surface area contributed by atoms with Crippen molar-refractivity contribution in [2.24, 2.45) is 0 Å². The molecule has 0 spiro atoms. The minimum absolute atomic E-state index is 1.10. The Labute approximate surface area is 74.0 Å². The summed E-state index contributed by atoms with van der Waals surface area (Å²) < 4.78 is 1.10. The third-order valence-electron chi connectivity index (χ3n) is 1.18. The fourth-order valence-corrected chi connectivity index (χ4v) is 0.632. The van der Waals surface area contributed by atoms with Crippen molar-refractivity contribution in [2.45, 2.75) is 19.8 Å². The maximum Gasteiger partial charge on any atom is 0.249 e. The van der Waals surface area contributed by atoms with Gasteiger partial charge in [0, 0.05) is 0 Å². The Hall–Kier alpha value is -0.770. The standard InChI is InChI=1S/C7H18N.CH2O3/c1-5-6-7-8(2,3)4;2-1(3)4/h5-7H2,1-4H3;(H2,2,3,4)/q+1;/p-1. The molecular weight excluding hydrogens is 158 g/mol. The highest BCUT2D eigenvalue weighted by Crippen LogP contribution is 1.94. The lowest BCUT2D eigenvalue weighted by atomic mass is 10.3.